The molecule has 0 spiro atoms. The molecule has 0 saturated carbocycles. The molecule has 0 unspecified atom stereocenters. The molecule has 1 aliphatic rings. The van der Waals surface area contributed by atoms with Crippen molar-refractivity contribution in [1.82, 2.24) is 0 Å². The fourth-order valence-corrected chi connectivity index (χ4v) is 12.2. The molecule has 0 aromatic carbocycles. The molecule has 0 aromatic heterocycles. The predicted octanol–water partition coefficient (Wildman–Crippen LogP) is 1.25. The topological polar surface area (TPSA) is 0 Å². The number of unbranched alkanes of at least 4 members (excludes halogenated alkanes) is 2. The second-order valence-electron chi connectivity index (χ2n) is 8.81. The third kappa shape index (κ3) is 23.5. The minimum absolute atomic E-state index is 0. The van der Waals surface area contributed by atoms with E-state index in [-0.39, 0.29) is 86.3 Å². The zero-order valence-electron chi connectivity index (χ0n) is 20.6. The summed E-state index contributed by atoms with van der Waals surface area (Å²) in [5, 5.41) is 0. The summed E-state index contributed by atoms with van der Waals surface area (Å²) >= 11 is 12.1. The van der Waals surface area contributed by atoms with Gasteiger partial charge in [0.25, 0.3) is 0 Å². The number of hydrogen-bond acceptors (Lipinski definition) is 0. The van der Waals surface area contributed by atoms with Gasteiger partial charge in [0.05, 0.1) is 0 Å². The molecule has 30 heavy (non-hydrogen) atoms. The molecule has 0 fully saturated rings. The van der Waals surface area contributed by atoms with E-state index in [2.05, 4.69) is 66.8 Å². The molecule has 0 heterocycles. The Labute approximate surface area is 238 Å². The molecule has 3 radical (unpaired) electrons. The molecule has 1 rings (SSSR count). The van der Waals surface area contributed by atoms with Gasteiger partial charge in [0.2, 0.25) is 0 Å². The van der Waals surface area contributed by atoms with Crippen LogP contribution in [0.15, 0.2) is 18.2 Å². The fraction of sp³-hybridized carbons (Fsp3) is 0.810. The van der Waals surface area contributed by atoms with Crippen LogP contribution >= 0.6 is 22.2 Å². The van der Waals surface area contributed by atoms with Gasteiger partial charge >= 0.3 is 26.2 Å². The quantitative estimate of drug-likeness (QED) is 0.191. The fourth-order valence-electron chi connectivity index (χ4n) is 2.13. The van der Waals surface area contributed by atoms with Crippen LogP contribution in [0.5, 0.6) is 0 Å². The van der Waals surface area contributed by atoms with Gasteiger partial charge in [-0.3, -0.25) is 6.08 Å². The van der Waals surface area contributed by atoms with Gasteiger partial charge in [0.15, 0.2) is 0 Å². The zero-order chi connectivity index (χ0) is 21.3. The van der Waals surface area contributed by atoms with Crippen molar-refractivity contribution < 1.29 is 51.0 Å². The van der Waals surface area contributed by atoms with Crippen molar-refractivity contribution in [3.05, 3.63) is 24.3 Å². The standard InChI is InChI=1S/2C8H20ClSi2.C5H5.2ClH.Zr/c2*1-5-6-7-11(4)8(2,3)10-9;1-2-4-5-3-1;;;/h2*5-7,10H2,1-4H3;1-3H,4H2;2*1H;/q;;-1;;;+3/p-2. The van der Waals surface area contributed by atoms with Crippen LogP contribution < -0.4 is 24.8 Å². The van der Waals surface area contributed by atoms with Crippen molar-refractivity contribution in [3.8, 4) is 0 Å². The molecule has 0 bridgehead atoms. The molecule has 0 atom stereocenters. The van der Waals surface area contributed by atoms with Crippen LogP contribution in [0, 0.1) is 6.08 Å². The van der Waals surface area contributed by atoms with Gasteiger partial charge in [-0.15, -0.1) is 6.42 Å². The summed E-state index contributed by atoms with van der Waals surface area (Å²) in [5.74, 6) is 0. The van der Waals surface area contributed by atoms with Crippen LogP contribution in [0.2, 0.25) is 34.5 Å². The van der Waals surface area contributed by atoms with Gasteiger partial charge in [0.1, 0.15) is 17.7 Å². The van der Waals surface area contributed by atoms with Crippen molar-refractivity contribution in [2.45, 2.75) is 108 Å². The van der Waals surface area contributed by atoms with E-state index in [1.54, 1.807) is 0 Å². The molecule has 0 aromatic rings. The van der Waals surface area contributed by atoms with Gasteiger partial charge in [-0.2, -0.15) is 28.2 Å². The average Bonchev–Trinajstić information content (AvgIpc) is 3.24. The second kappa shape index (κ2) is 26.0. The SMILES string of the molecule is CCCC[Si](C)C(C)(C)[SiH2]Cl.CCCC[Si](C)C(C)(C)[SiH2]Cl.[C-]1=CC=CC1.[Cl-].[Cl-].[Zr+3]. The maximum atomic E-state index is 6.03. The van der Waals surface area contributed by atoms with E-state index in [9.17, 15) is 0 Å². The average molecular weight is 643 g/mol. The minimum Gasteiger partial charge on any atom is -1.00 e. The number of hydrogen-bond donors (Lipinski definition) is 0. The number of rotatable bonds is 10. The van der Waals surface area contributed by atoms with Crippen LogP contribution in [-0.4, -0.2) is 35.3 Å². The van der Waals surface area contributed by atoms with Crippen molar-refractivity contribution in [3.63, 3.8) is 0 Å². The first kappa shape index (κ1) is 42.5. The molecular formula is C21H45Cl4Si4Zr. The Balaban J connectivity index is -0.000000104. The van der Waals surface area contributed by atoms with Crippen LogP contribution in [0.25, 0.3) is 0 Å². The maximum Gasteiger partial charge on any atom is 3.00 e. The van der Waals surface area contributed by atoms with Crippen molar-refractivity contribution in [2.75, 3.05) is 0 Å². The van der Waals surface area contributed by atoms with E-state index in [1.165, 1.54) is 37.8 Å². The Morgan fingerprint density at radius 1 is 0.867 bits per heavy atom. The number of allylic oxidation sites excluding steroid dienone is 4. The van der Waals surface area contributed by atoms with E-state index < -0.39 is 0 Å². The van der Waals surface area contributed by atoms with Crippen LogP contribution in [0.1, 0.15) is 73.6 Å². The Bertz CT molecular complexity index is 372. The first-order chi connectivity index (χ1) is 12.6. The summed E-state index contributed by atoms with van der Waals surface area (Å²) in [6.45, 7) is 18.8. The third-order valence-electron chi connectivity index (χ3n) is 5.38. The molecule has 0 saturated heterocycles. The van der Waals surface area contributed by atoms with E-state index >= 15 is 0 Å². The van der Waals surface area contributed by atoms with E-state index in [1.807, 2.05) is 12.2 Å². The first-order valence-corrected chi connectivity index (χ1v) is 20.7. The van der Waals surface area contributed by atoms with E-state index in [4.69, 9.17) is 22.2 Å². The third-order valence-corrected chi connectivity index (χ3v) is 23.6. The van der Waals surface area contributed by atoms with Gasteiger partial charge in [-0.05, 0) is 9.32 Å². The molecule has 0 N–H and O–H groups in total. The van der Waals surface area contributed by atoms with E-state index in [0.29, 0.717) is 9.32 Å². The Hall–Kier alpha value is 2.39. The second-order valence-corrected chi connectivity index (χ2v) is 22.7. The van der Waals surface area contributed by atoms with Crippen molar-refractivity contribution in [1.29, 1.82) is 0 Å². The normalized spacial score (nSPS) is 12.9. The summed E-state index contributed by atoms with van der Waals surface area (Å²) < 4.78 is 1.11. The summed E-state index contributed by atoms with van der Waals surface area (Å²) in [5.41, 5.74) is 0. The molecular weight excluding hydrogens is 598 g/mol. The van der Waals surface area contributed by atoms with Gasteiger partial charge in [-0.25, -0.2) is 12.2 Å². The van der Waals surface area contributed by atoms with Crippen LogP contribution in [0.4, 0.5) is 0 Å². The zero-order valence-corrected chi connectivity index (χ0v) is 30.9. The molecule has 0 amide bonds. The molecule has 177 valence electrons. The first-order valence-electron chi connectivity index (χ1n) is 10.6. The Morgan fingerprint density at radius 2 is 1.23 bits per heavy atom. The molecule has 0 nitrogen and oxygen atoms in total. The summed E-state index contributed by atoms with van der Waals surface area (Å²) in [7, 11) is -0.931. The Kier molecular flexibility index (Phi) is 36.9. The largest absolute Gasteiger partial charge is 3.00 e. The summed E-state index contributed by atoms with van der Waals surface area (Å²) in [6, 6.07) is 2.90. The van der Waals surface area contributed by atoms with Gasteiger partial charge in [-0.1, -0.05) is 92.4 Å². The summed E-state index contributed by atoms with van der Waals surface area (Å²) in [4.78, 5) is 0. The van der Waals surface area contributed by atoms with Crippen molar-refractivity contribution >= 4 is 57.4 Å². The maximum absolute atomic E-state index is 6.03. The molecule has 1 aliphatic carbocycles. The van der Waals surface area contributed by atoms with Gasteiger partial charge < -0.3 is 24.8 Å². The Morgan fingerprint density at radius 3 is 1.40 bits per heavy atom. The van der Waals surface area contributed by atoms with E-state index in [0.717, 1.165) is 6.42 Å². The molecule has 0 aliphatic heterocycles. The predicted molar refractivity (Wildman–Crippen MR) is 141 cm³/mol. The summed E-state index contributed by atoms with van der Waals surface area (Å²) in [6.07, 6.45) is 15.5. The minimum atomic E-state index is -0.316. The number of halogens is 4. The smallest absolute Gasteiger partial charge is 1.00 e. The monoisotopic (exact) mass is 639 g/mol. The molecule has 9 heteroatoms. The van der Waals surface area contributed by atoms with Crippen LogP contribution in [-0.2, 0) is 26.2 Å². The van der Waals surface area contributed by atoms with Crippen LogP contribution in [0.3, 0.4) is 0 Å². The van der Waals surface area contributed by atoms with Crippen molar-refractivity contribution in [2.24, 2.45) is 0 Å². The van der Waals surface area contributed by atoms with Gasteiger partial charge in [0, 0.05) is 17.6 Å².